The van der Waals surface area contributed by atoms with Crippen molar-refractivity contribution in [3.8, 4) is 11.5 Å². The zero-order valence-electron chi connectivity index (χ0n) is 16.8. The van der Waals surface area contributed by atoms with Crippen molar-refractivity contribution in [3.63, 3.8) is 0 Å². The Hall–Kier alpha value is -3.16. The van der Waals surface area contributed by atoms with Crippen LogP contribution in [0, 0.1) is 24.0 Å². The van der Waals surface area contributed by atoms with Gasteiger partial charge in [0.15, 0.2) is 11.6 Å². The van der Waals surface area contributed by atoms with Gasteiger partial charge in [0, 0.05) is 18.7 Å². The number of rotatable bonds is 4. The number of anilines is 1. The van der Waals surface area contributed by atoms with E-state index in [0.29, 0.717) is 17.2 Å². The number of fused-ring (bicyclic) bond motifs is 1. The summed E-state index contributed by atoms with van der Waals surface area (Å²) in [6.45, 7) is 5.52. The third-order valence-electron chi connectivity index (χ3n) is 5.54. The van der Waals surface area contributed by atoms with E-state index in [1.165, 1.54) is 12.5 Å². The first-order chi connectivity index (χ1) is 13.9. The molecule has 3 aromatic heterocycles. The first kappa shape index (κ1) is 19.2. The van der Waals surface area contributed by atoms with Gasteiger partial charge >= 0.3 is 5.88 Å². The molecule has 1 saturated carbocycles. The van der Waals surface area contributed by atoms with Crippen LogP contribution in [0.4, 0.5) is 11.7 Å². The molecule has 0 saturated heterocycles. The predicted molar refractivity (Wildman–Crippen MR) is 109 cm³/mol. The van der Waals surface area contributed by atoms with Crippen LogP contribution in [0.3, 0.4) is 0 Å². The largest absolute Gasteiger partial charge is 0.433 e. The summed E-state index contributed by atoms with van der Waals surface area (Å²) >= 11 is 0. The van der Waals surface area contributed by atoms with Crippen LogP contribution < -0.4 is 4.90 Å². The highest BCUT2D eigenvalue weighted by Gasteiger charge is 2.32. The van der Waals surface area contributed by atoms with E-state index < -0.39 is 4.92 Å². The van der Waals surface area contributed by atoms with Crippen LogP contribution >= 0.6 is 0 Å². The molecular formula is C21H24N4O4. The van der Waals surface area contributed by atoms with Crippen LogP contribution in [-0.2, 0) is 4.79 Å². The van der Waals surface area contributed by atoms with Crippen LogP contribution in [0.2, 0.25) is 0 Å². The summed E-state index contributed by atoms with van der Waals surface area (Å²) in [5, 5.41) is 11.1. The molecule has 0 radical (unpaired) electrons. The third-order valence-corrected chi connectivity index (χ3v) is 5.54. The monoisotopic (exact) mass is 396 g/mol. The maximum atomic E-state index is 12.8. The number of amides is 1. The number of nitrogens with zero attached hydrogens (tertiary/aromatic N) is 4. The van der Waals surface area contributed by atoms with Gasteiger partial charge in [-0.2, -0.15) is 0 Å². The molecule has 152 valence electrons. The summed E-state index contributed by atoms with van der Waals surface area (Å²) in [7, 11) is 0. The Balaban J connectivity index is 1.98. The van der Waals surface area contributed by atoms with Crippen molar-refractivity contribution >= 4 is 23.3 Å². The molecule has 1 amide bonds. The molecule has 1 aliphatic rings. The maximum absolute atomic E-state index is 12.8. The summed E-state index contributed by atoms with van der Waals surface area (Å²) in [5.74, 6) is 0.500. The Morgan fingerprint density at radius 2 is 1.97 bits per heavy atom. The number of nitro groups is 1. The van der Waals surface area contributed by atoms with Gasteiger partial charge in [-0.3, -0.25) is 24.2 Å². The Labute approximate surface area is 168 Å². The molecule has 3 heterocycles. The number of aryl methyl sites for hydroxylation is 2. The number of furan rings is 1. The van der Waals surface area contributed by atoms with Crippen LogP contribution in [0.1, 0.15) is 50.3 Å². The number of carbonyl (C=O) groups is 1. The molecule has 29 heavy (non-hydrogen) atoms. The van der Waals surface area contributed by atoms with Crippen molar-refractivity contribution in [2.24, 2.45) is 0 Å². The van der Waals surface area contributed by atoms with E-state index in [1.807, 2.05) is 35.3 Å². The number of carbonyl (C=O) groups excluding carboxylic acids is 1. The summed E-state index contributed by atoms with van der Waals surface area (Å²) in [5.41, 5.74) is 3.13. The second-order valence-corrected chi connectivity index (χ2v) is 7.73. The summed E-state index contributed by atoms with van der Waals surface area (Å²) in [4.78, 5) is 29.9. The average molecular weight is 396 g/mol. The van der Waals surface area contributed by atoms with Crippen molar-refractivity contribution in [3.05, 3.63) is 45.6 Å². The van der Waals surface area contributed by atoms with Crippen LogP contribution in [0.15, 0.2) is 28.7 Å². The quantitative estimate of drug-likeness (QED) is 0.466. The lowest BCUT2D eigenvalue weighted by Crippen LogP contribution is -2.41. The van der Waals surface area contributed by atoms with Crippen LogP contribution in [0.25, 0.3) is 17.1 Å². The Morgan fingerprint density at radius 3 is 2.59 bits per heavy atom. The zero-order valence-corrected chi connectivity index (χ0v) is 16.8. The van der Waals surface area contributed by atoms with Crippen molar-refractivity contribution in [2.75, 3.05) is 4.90 Å². The number of hydrogen-bond acceptors (Lipinski definition) is 5. The van der Waals surface area contributed by atoms with Gasteiger partial charge in [-0.15, -0.1) is 0 Å². The van der Waals surface area contributed by atoms with E-state index in [1.54, 1.807) is 13.0 Å². The Kier molecular flexibility index (Phi) is 4.86. The van der Waals surface area contributed by atoms with Gasteiger partial charge in [-0.05, 0) is 50.5 Å². The lowest BCUT2D eigenvalue weighted by molar-refractivity contribution is -0.401. The highest BCUT2D eigenvalue weighted by atomic mass is 16.6. The maximum Gasteiger partial charge on any atom is 0.433 e. The van der Waals surface area contributed by atoms with E-state index in [0.717, 1.165) is 36.9 Å². The third kappa shape index (κ3) is 3.39. The molecule has 1 fully saturated rings. The minimum absolute atomic E-state index is 0.0685. The number of imidazole rings is 1. The first-order valence-electron chi connectivity index (χ1n) is 9.91. The van der Waals surface area contributed by atoms with Gasteiger partial charge in [0.1, 0.15) is 16.3 Å². The number of aromatic nitrogens is 2. The van der Waals surface area contributed by atoms with Gasteiger partial charge in [0.25, 0.3) is 0 Å². The summed E-state index contributed by atoms with van der Waals surface area (Å²) in [6, 6.07) is 6.91. The fourth-order valence-electron chi connectivity index (χ4n) is 4.37. The van der Waals surface area contributed by atoms with E-state index in [9.17, 15) is 14.9 Å². The van der Waals surface area contributed by atoms with Gasteiger partial charge in [0.05, 0.1) is 6.07 Å². The van der Waals surface area contributed by atoms with E-state index in [4.69, 9.17) is 9.40 Å². The van der Waals surface area contributed by atoms with Crippen molar-refractivity contribution in [2.45, 2.75) is 58.9 Å². The molecule has 1 aliphatic carbocycles. The van der Waals surface area contributed by atoms with E-state index in [-0.39, 0.29) is 23.6 Å². The fraction of sp³-hybridized carbons (Fsp3) is 0.429. The summed E-state index contributed by atoms with van der Waals surface area (Å²) in [6.07, 6.45) is 5.17. The lowest BCUT2D eigenvalue weighted by atomic mass is 9.94. The number of hydrogen-bond donors (Lipinski definition) is 0. The van der Waals surface area contributed by atoms with Crippen LogP contribution in [0.5, 0.6) is 0 Å². The molecule has 0 aromatic carbocycles. The predicted octanol–water partition coefficient (Wildman–Crippen LogP) is 4.80. The van der Waals surface area contributed by atoms with E-state index in [2.05, 4.69) is 0 Å². The van der Waals surface area contributed by atoms with Gasteiger partial charge in [-0.1, -0.05) is 19.3 Å². The molecule has 0 spiro atoms. The molecule has 0 N–H and O–H groups in total. The molecule has 3 aromatic rings. The first-order valence-corrected chi connectivity index (χ1v) is 9.91. The molecule has 0 aliphatic heterocycles. The molecule has 0 bridgehead atoms. The van der Waals surface area contributed by atoms with Crippen molar-refractivity contribution < 1.29 is 14.1 Å². The number of pyridine rings is 1. The fourth-order valence-corrected chi connectivity index (χ4v) is 4.37. The van der Waals surface area contributed by atoms with Crippen molar-refractivity contribution in [1.82, 2.24) is 9.38 Å². The topological polar surface area (TPSA) is 93.9 Å². The van der Waals surface area contributed by atoms with Gasteiger partial charge < -0.3 is 4.42 Å². The zero-order chi connectivity index (χ0) is 20.7. The normalized spacial score (nSPS) is 15.0. The molecule has 0 atom stereocenters. The Bertz CT molecular complexity index is 1090. The van der Waals surface area contributed by atoms with Crippen molar-refractivity contribution in [1.29, 1.82) is 0 Å². The van der Waals surface area contributed by atoms with Gasteiger partial charge in [-0.25, -0.2) is 4.98 Å². The average Bonchev–Trinajstić information content (AvgIpc) is 3.28. The standard InChI is InChI=1S/C21H24N4O4/c1-13-11-14(2)23-18(12-13)22-20(17-9-10-19(29-17)25(27)28)21(23)24(15(3)26)16-7-5-4-6-8-16/h9-12,16H,4-8H2,1-3H3. The summed E-state index contributed by atoms with van der Waals surface area (Å²) < 4.78 is 7.43. The highest BCUT2D eigenvalue weighted by Crippen LogP contribution is 2.38. The van der Waals surface area contributed by atoms with E-state index >= 15 is 0 Å². The minimum Gasteiger partial charge on any atom is -0.399 e. The van der Waals surface area contributed by atoms with Crippen LogP contribution in [-0.4, -0.2) is 26.3 Å². The second kappa shape index (κ2) is 7.35. The van der Waals surface area contributed by atoms with Gasteiger partial charge in [0.2, 0.25) is 5.91 Å². The smallest absolute Gasteiger partial charge is 0.399 e. The molecule has 8 heteroatoms. The lowest BCUT2D eigenvalue weighted by Gasteiger charge is -2.33. The molecule has 4 rings (SSSR count). The highest BCUT2D eigenvalue weighted by molar-refractivity contribution is 5.95. The second-order valence-electron chi connectivity index (χ2n) is 7.73. The minimum atomic E-state index is -0.571. The molecule has 0 unspecified atom stereocenters. The molecular weight excluding hydrogens is 372 g/mol. The SMILES string of the molecule is CC(=O)N(c1c(-c2ccc([N+](=O)[O-])o2)nc2cc(C)cc(C)n12)C1CCCCC1. The molecule has 8 nitrogen and oxygen atoms in total. The Morgan fingerprint density at radius 1 is 1.24 bits per heavy atom.